The number of amides is 2. The fourth-order valence-corrected chi connectivity index (χ4v) is 3.12. The molecule has 2 aromatic carbocycles. The fourth-order valence-electron chi connectivity index (χ4n) is 2.90. The van der Waals surface area contributed by atoms with Gasteiger partial charge in [0.1, 0.15) is 5.82 Å². The summed E-state index contributed by atoms with van der Waals surface area (Å²) in [7, 11) is 0. The number of hydrogen-bond donors (Lipinski definition) is 0. The second-order valence-corrected chi connectivity index (χ2v) is 6.18. The molecule has 0 aliphatic carbocycles. The molecule has 3 rings (SSSR count). The zero-order valence-corrected chi connectivity index (χ0v) is 13.8. The molecule has 24 heavy (non-hydrogen) atoms. The smallest absolute Gasteiger partial charge is 0.232 e. The van der Waals surface area contributed by atoms with Crippen LogP contribution >= 0.6 is 11.6 Å². The molecule has 0 radical (unpaired) electrons. The van der Waals surface area contributed by atoms with Crippen molar-refractivity contribution in [3.63, 3.8) is 0 Å². The van der Waals surface area contributed by atoms with E-state index in [1.165, 1.54) is 21.9 Å². The molecule has 0 aromatic heterocycles. The first-order chi connectivity index (χ1) is 11.5. The second kappa shape index (κ2) is 6.61. The monoisotopic (exact) mass is 346 g/mol. The van der Waals surface area contributed by atoms with Crippen LogP contribution in [-0.4, -0.2) is 18.9 Å². The first-order valence-corrected chi connectivity index (χ1v) is 7.96. The van der Waals surface area contributed by atoms with Gasteiger partial charge in [-0.1, -0.05) is 36.7 Å². The van der Waals surface area contributed by atoms with Gasteiger partial charge in [-0.05, 0) is 24.3 Å². The Labute approximate surface area is 144 Å². The van der Waals surface area contributed by atoms with Gasteiger partial charge in [0.2, 0.25) is 12.3 Å². The molecule has 0 bridgehead atoms. The van der Waals surface area contributed by atoms with Crippen molar-refractivity contribution in [3.05, 3.63) is 58.9 Å². The number of fused-ring (bicyclic) bond motifs is 1. The average Bonchev–Trinajstić information content (AvgIpc) is 2.68. The van der Waals surface area contributed by atoms with Gasteiger partial charge in [-0.25, -0.2) is 4.39 Å². The SMILES string of the molecule is C[C@H]1CN(C=O)c2ccccc2N(Cc2c(F)cccc2Cl)C1=O. The average molecular weight is 347 g/mol. The lowest BCUT2D eigenvalue weighted by molar-refractivity contribution is -0.121. The summed E-state index contributed by atoms with van der Waals surface area (Å²) in [5.41, 5.74) is 1.45. The number of carbonyl (C=O) groups is 2. The van der Waals surface area contributed by atoms with E-state index in [9.17, 15) is 14.0 Å². The standard InChI is InChI=1S/C18H16ClFN2O2/c1-12-9-21(11-23)16-7-2-3-8-17(16)22(18(12)24)10-13-14(19)5-4-6-15(13)20/h2-8,11-12H,9-10H2,1H3/t12-/m0/s1. The summed E-state index contributed by atoms with van der Waals surface area (Å²) >= 11 is 6.11. The highest BCUT2D eigenvalue weighted by molar-refractivity contribution is 6.31. The molecule has 2 amide bonds. The quantitative estimate of drug-likeness (QED) is 0.796. The third-order valence-corrected chi connectivity index (χ3v) is 4.50. The molecule has 124 valence electrons. The van der Waals surface area contributed by atoms with Crippen LogP contribution < -0.4 is 9.80 Å². The number of para-hydroxylation sites is 2. The van der Waals surface area contributed by atoms with Gasteiger partial charge in [0.25, 0.3) is 0 Å². The molecule has 2 aromatic rings. The first kappa shape index (κ1) is 16.5. The van der Waals surface area contributed by atoms with Gasteiger partial charge >= 0.3 is 0 Å². The molecule has 0 saturated carbocycles. The predicted molar refractivity (Wildman–Crippen MR) is 91.6 cm³/mol. The molecule has 1 aliphatic heterocycles. The van der Waals surface area contributed by atoms with Crippen LogP contribution in [0.2, 0.25) is 5.02 Å². The lowest BCUT2D eigenvalue weighted by Crippen LogP contribution is -2.36. The molecule has 0 saturated heterocycles. The molecule has 0 fully saturated rings. The minimum Gasteiger partial charge on any atom is -0.312 e. The Bertz CT molecular complexity index is 776. The van der Waals surface area contributed by atoms with Crippen LogP contribution in [-0.2, 0) is 16.1 Å². The Morgan fingerprint density at radius 2 is 1.92 bits per heavy atom. The maximum Gasteiger partial charge on any atom is 0.232 e. The zero-order valence-electron chi connectivity index (χ0n) is 13.1. The van der Waals surface area contributed by atoms with Crippen molar-refractivity contribution in [1.82, 2.24) is 0 Å². The summed E-state index contributed by atoms with van der Waals surface area (Å²) < 4.78 is 14.2. The summed E-state index contributed by atoms with van der Waals surface area (Å²) in [6.07, 6.45) is 0.711. The summed E-state index contributed by atoms with van der Waals surface area (Å²) in [5, 5.41) is 0.268. The van der Waals surface area contributed by atoms with Crippen LogP contribution in [0.3, 0.4) is 0 Å². The van der Waals surface area contributed by atoms with Crippen molar-refractivity contribution in [2.24, 2.45) is 5.92 Å². The van der Waals surface area contributed by atoms with E-state index in [4.69, 9.17) is 11.6 Å². The minimum atomic E-state index is -0.461. The summed E-state index contributed by atoms with van der Waals surface area (Å²) in [6, 6.07) is 11.5. The highest BCUT2D eigenvalue weighted by Gasteiger charge is 2.31. The van der Waals surface area contributed by atoms with Gasteiger partial charge in [-0.2, -0.15) is 0 Å². The van der Waals surface area contributed by atoms with Gasteiger partial charge in [-0.15, -0.1) is 0 Å². The third-order valence-electron chi connectivity index (χ3n) is 4.15. The number of anilines is 2. The Kier molecular flexibility index (Phi) is 4.53. The Morgan fingerprint density at radius 3 is 2.58 bits per heavy atom. The van der Waals surface area contributed by atoms with Crippen molar-refractivity contribution in [3.8, 4) is 0 Å². The molecule has 1 heterocycles. The first-order valence-electron chi connectivity index (χ1n) is 7.58. The molecule has 0 unspecified atom stereocenters. The Morgan fingerprint density at radius 1 is 1.21 bits per heavy atom. The van der Waals surface area contributed by atoms with Crippen molar-refractivity contribution >= 4 is 35.3 Å². The summed E-state index contributed by atoms with van der Waals surface area (Å²) in [5.74, 6) is -1.05. The van der Waals surface area contributed by atoms with Crippen LogP contribution in [0, 0.1) is 11.7 Å². The van der Waals surface area contributed by atoms with E-state index in [2.05, 4.69) is 0 Å². The van der Waals surface area contributed by atoms with E-state index in [0.717, 1.165) is 0 Å². The number of benzene rings is 2. The topological polar surface area (TPSA) is 40.6 Å². The van der Waals surface area contributed by atoms with Gasteiger partial charge in [0.05, 0.1) is 23.8 Å². The maximum atomic E-state index is 14.2. The minimum absolute atomic E-state index is 0.0123. The van der Waals surface area contributed by atoms with E-state index >= 15 is 0 Å². The molecule has 6 heteroatoms. The van der Waals surface area contributed by atoms with Crippen molar-refractivity contribution in [2.75, 3.05) is 16.3 Å². The molecule has 0 spiro atoms. The van der Waals surface area contributed by atoms with E-state index in [1.807, 2.05) is 0 Å². The van der Waals surface area contributed by atoms with Crippen LogP contribution in [0.15, 0.2) is 42.5 Å². The van der Waals surface area contributed by atoms with Crippen molar-refractivity contribution in [2.45, 2.75) is 13.5 Å². The van der Waals surface area contributed by atoms with Crippen LogP contribution in [0.1, 0.15) is 12.5 Å². The van der Waals surface area contributed by atoms with E-state index in [1.54, 1.807) is 37.3 Å². The van der Waals surface area contributed by atoms with Crippen molar-refractivity contribution < 1.29 is 14.0 Å². The summed E-state index contributed by atoms with van der Waals surface area (Å²) in [6.45, 7) is 2.04. The Balaban J connectivity index is 2.10. The van der Waals surface area contributed by atoms with Gasteiger partial charge in [-0.3, -0.25) is 9.59 Å². The molecule has 0 N–H and O–H groups in total. The predicted octanol–water partition coefficient (Wildman–Crippen LogP) is 3.62. The van der Waals surface area contributed by atoms with E-state index in [0.29, 0.717) is 17.8 Å². The lowest BCUT2D eigenvalue weighted by atomic mass is 10.1. The summed E-state index contributed by atoms with van der Waals surface area (Å²) in [4.78, 5) is 27.2. The number of halogens is 2. The molecule has 4 nitrogen and oxygen atoms in total. The maximum absolute atomic E-state index is 14.2. The van der Waals surface area contributed by atoms with Crippen LogP contribution in [0.4, 0.5) is 15.8 Å². The molecular formula is C18H16ClFN2O2. The van der Waals surface area contributed by atoms with Gasteiger partial charge in [0, 0.05) is 17.1 Å². The van der Waals surface area contributed by atoms with Gasteiger partial charge < -0.3 is 9.80 Å². The van der Waals surface area contributed by atoms with Crippen LogP contribution in [0.25, 0.3) is 0 Å². The largest absolute Gasteiger partial charge is 0.312 e. The third kappa shape index (κ3) is 2.87. The van der Waals surface area contributed by atoms with E-state index < -0.39 is 11.7 Å². The Hall–Kier alpha value is -2.40. The number of hydrogen-bond acceptors (Lipinski definition) is 2. The highest BCUT2D eigenvalue weighted by Crippen LogP contribution is 2.35. The normalized spacial score (nSPS) is 17.5. The second-order valence-electron chi connectivity index (χ2n) is 5.77. The van der Waals surface area contributed by atoms with Gasteiger partial charge in [0.15, 0.2) is 0 Å². The van der Waals surface area contributed by atoms with E-state index in [-0.39, 0.29) is 29.6 Å². The van der Waals surface area contributed by atoms with Crippen molar-refractivity contribution in [1.29, 1.82) is 0 Å². The highest BCUT2D eigenvalue weighted by atomic mass is 35.5. The lowest BCUT2D eigenvalue weighted by Gasteiger charge is -2.25. The fraction of sp³-hybridized carbons (Fsp3) is 0.222. The van der Waals surface area contributed by atoms with Crippen LogP contribution in [0.5, 0.6) is 0 Å². The zero-order chi connectivity index (χ0) is 17.3. The number of nitrogens with zero attached hydrogens (tertiary/aromatic N) is 2. The molecular weight excluding hydrogens is 331 g/mol. The number of carbonyl (C=O) groups excluding carboxylic acids is 2. The molecule has 1 atom stereocenters. The molecule has 1 aliphatic rings. The number of rotatable bonds is 3.